The monoisotopic (exact) mass is 372 g/mol. The fourth-order valence-corrected chi connectivity index (χ4v) is 2.96. The molecule has 1 fully saturated rings. The van der Waals surface area contributed by atoms with Crippen LogP contribution < -0.4 is 15.6 Å². The van der Waals surface area contributed by atoms with Gasteiger partial charge < -0.3 is 14.8 Å². The summed E-state index contributed by atoms with van der Waals surface area (Å²) in [7, 11) is 1.42. The highest BCUT2D eigenvalue weighted by Crippen LogP contribution is 2.16. The lowest BCUT2D eigenvalue weighted by molar-refractivity contribution is 0.0383. The van der Waals surface area contributed by atoms with E-state index in [-0.39, 0.29) is 22.9 Å². The van der Waals surface area contributed by atoms with Crippen LogP contribution in [0.25, 0.3) is 5.69 Å². The molecule has 1 saturated heterocycles. The highest BCUT2D eigenvalue weighted by atomic mass is 16.5. The normalized spacial score (nSPS) is 14.7. The van der Waals surface area contributed by atoms with Crippen molar-refractivity contribution in [2.24, 2.45) is 0 Å². The molecular formula is C19H24N4O4. The van der Waals surface area contributed by atoms with E-state index in [1.807, 2.05) is 25.1 Å². The van der Waals surface area contributed by atoms with Crippen LogP contribution in [0, 0.1) is 6.92 Å². The number of nitrogens with zero attached hydrogens (tertiary/aromatic N) is 3. The first-order valence-corrected chi connectivity index (χ1v) is 8.93. The maximum Gasteiger partial charge on any atom is 0.275 e. The maximum atomic E-state index is 12.6. The lowest BCUT2D eigenvalue weighted by Gasteiger charge is -2.26. The molecule has 2 aromatic rings. The van der Waals surface area contributed by atoms with Crippen molar-refractivity contribution in [3.63, 3.8) is 0 Å². The first-order valence-electron chi connectivity index (χ1n) is 8.93. The molecule has 144 valence electrons. The van der Waals surface area contributed by atoms with Crippen molar-refractivity contribution in [1.29, 1.82) is 0 Å². The number of nitrogens with one attached hydrogen (secondary N) is 1. The Morgan fingerprint density at radius 2 is 2.04 bits per heavy atom. The number of carbonyl (C=O) groups is 1. The van der Waals surface area contributed by atoms with Crippen LogP contribution in [-0.2, 0) is 4.74 Å². The van der Waals surface area contributed by atoms with Crippen LogP contribution in [0.4, 0.5) is 0 Å². The number of rotatable bonds is 6. The van der Waals surface area contributed by atoms with E-state index in [1.165, 1.54) is 17.9 Å². The third-order valence-corrected chi connectivity index (χ3v) is 4.49. The molecule has 0 spiro atoms. The Morgan fingerprint density at radius 3 is 2.74 bits per heavy atom. The number of benzene rings is 1. The Balaban J connectivity index is 1.79. The second-order valence-corrected chi connectivity index (χ2v) is 6.31. The molecule has 0 atom stereocenters. The third-order valence-electron chi connectivity index (χ3n) is 4.49. The van der Waals surface area contributed by atoms with Gasteiger partial charge in [-0.05, 0) is 18.6 Å². The number of hydrogen-bond acceptors (Lipinski definition) is 6. The molecule has 0 radical (unpaired) electrons. The van der Waals surface area contributed by atoms with Crippen LogP contribution in [0.2, 0.25) is 0 Å². The molecule has 3 rings (SSSR count). The van der Waals surface area contributed by atoms with Gasteiger partial charge >= 0.3 is 0 Å². The molecule has 8 nitrogen and oxygen atoms in total. The zero-order valence-electron chi connectivity index (χ0n) is 15.6. The number of carbonyl (C=O) groups excluding carboxylic acids is 1. The van der Waals surface area contributed by atoms with Gasteiger partial charge in [-0.3, -0.25) is 14.5 Å². The first-order chi connectivity index (χ1) is 13.1. The summed E-state index contributed by atoms with van der Waals surface area (Å²) in [6.45, 7) is 6.23. The third kappa shape index (κ3) is 4.53. The van der Waals surface area contributed by atoms with Gasteiger partial charge in [-0.25, -0.2) is 0 Å². The summed E-state index contributed by atoms with van der Waals surface area (Å²) >= 11 is 0. The van der Waals surface area contributed by atoms with Gasteiger partial charge in [-0.15, -0.1) is 0 Å². The van der Waals surface area contributed by atoms with Crippen molar-refractivity contribution in [3.05, 3.63) is 51.9 Å². The maximum absolute atomic E-state index is 12.6. The van der Waals surface area contributed by atoms with E-state index in [1.54, 1.807) is 6.07 Å². The Bertz CT molecular complexity index is 859. The minimum atomic E-state index is -0.373. The number of morpholine rings is 1. The molecule has 0 unspecified atom stereocenters. The predicted molar refractivity (Wildman–Crippen MR) is 101 cm³/mol. The zero-order valence-corrected chi connectivity index (χ0v) is 15.6. The SMILES string of the molecule is COc1cc(=O)n(-c2ccccc2C)nc1C(=O)NCCN1CCOCC1. The number of methoxy groups -OCH3 is 1. The Labute approximate surface area is 157 Å². The van der Waals surface area contributed by atoms with Crippen LogP contribution >= 0.6 is 0 Å². The number of ether oxygens (including phenoxy) is 2. The molecule has 8 heteroatoms. The van der Waals surface area contributed by atoms with Gasteiger partial charge in [0.15, 0.2) is 11.4 Å². The summed E-state index contributed by atoms with van der Waals surface area (Å²) in [6.07, 6.45) is 0. The van der Waals surface area contributed by atoms with Crippen LogP contribution in [-0.4, -0.2) is 67.1 Å². The van der Waals surface area contributed by atoms with E-state index in [9.17, 15) is 9.59 Å². The summed E-state index contributed by atoms with van der Waals surface area (Å²) in [4.78, 5) is 27.3. The number of amides is 1. The lowest BCUT2D eigenvalue weighted by Crippen LogP contribution is -2.41. The second kappa shape index (κ2) is 8.79. The second-order valence-electron chi connectivity index (χ2n) is 6.31. The highest BCUT2D eigenvalue weighted by molar-refractivity contribution is 5.94. The van der Waals surface area contributed by atoms with Crippen LogP contribution in [0.1, 0.15) is 16.1 Å². The van der Waals surface area contributed by atoms with Crippen molar-refractivity contribution in [1.82, 2.24) is 20.0 Å². The van der Waals surface area contributed by atoms with Gasteiger partial charge in [-0.2, -0.15) is 9.78 Å². The average Bonchev–Trinajstić information content (AvgIpc) is 2.69. The smallest absolute Gasteiger partial charge is 0.275 e. The van der Waals surface area contributed by atoms with E-state index < -0.39 is 0 Å². The van der Waals surface area contributed by atoms with Gasteiger partial charge in [0.2, 0.25) is 0 Å². The van der Waals surface area contributed by atoms with Gasteiger partial charge in [0, 0.05) is 26.2 Å². The molecule has 27 heavy (non-hydrogen) atoms. The molecule has 2 heterocycles. The van der Waals surface area contributed by atoms with Crippen molar-refractivity contribution < 1.29 is 14.3 Å². The van der Waals surface area contributed by atoms with E-state index in [0.29, 0.717) is 25.4 Å². The van der Waals surface area contributed by atoms with Gasteiger partial charge in [0.25, 0.3) is 11.5 Å². The molecule has 0 bridgehead atoms. The van der Waals surface area contributed by atoms with Crippen molar-refractivity contribution in [2.45, 2.75) is 6.92 Å². The van der Waals surface area contributed by atoms with Crippen molar-refractivity contribution >= 4 is 5.91 Å². The van der Waals surface area contributed by atoms with E-state index in [4.69, 9.17) is 9.47 Å². The molecule has 1 aromatic carbocycles. The van der Waals surface area contributed by atoms with E-state index in [0.717, 1.165) is 25.2 Å². The summed E-state index contributed by atoms with van der Waals surface area (Å²) in [5.41, 5.74) is 1.25. The number of hydrogen-bond donors (Lipinski definition) is 1. The summed E-state index contributed by atoms with van der Waals surface area (Å²) < 4.78 is 11.7. The highest BCUT2D eigenvalue weighted by Gasteiger charge is 2.19. The van der Waals surface area contributed by atoms with E-state index in [2.05, 4.69) is 15.3 Å². The van der Waals surface area contributed by atoms with Crippen LogP contribution in [0.5, 0.6) is 5.75 Å². The first kappa shape index (κ1) is 19.1. The molecule has 0 aliphatic carbocycles. The Kier molecular flexibility index (Phi) is 6.20. The fraction of sp³-hybridized carbons (Fsp3) is 0.421. The number of para-hydroxylation sites is 1. The molecule has 1 aliphatic rings. The minimum Gasteiger partial charge on any atom is -0.494 e. The summed E-state index contributed by atoms with van der Waals surface area (Å²) in [5.74, 6) is -0.212. The molecular weight excluding hydrogens is 348 g/mol. The van der Waals surface area contributed by atoms with Crippen LogP contribution in [0.15, 0.2) is 35.1 Å². The Morgan fingerprint density at radius 1 is 1.30 bits per heavy atom. The zero-order chi connectivity index (χ0) is 19.2. The molecule has 1 N–H and O–H groups in total. The summed E-state index contributed by atoms with van der Waals surface area (Å²) in [5, 5.41) is 7.13. The molecule has 1 aromatic heterocycles. The van der Waals surface area contributed by atoms with Crippen molar-refractivity contribution in [3.8, 4) is 11.4 Å². The van der Waals surface area contributed by atoms with Gasteiger partial charge in [-0.1, -0.05) is 18.2 Å². The quantitative estimate of drug-likeness (QED) is 0.800. The predicted octanol–water partition coefficient (Wildman–Crippen LogP) is 0.612. The lowest BCUT2D eigenvalue weighted by atomic mass is 10.2. The topological polar surface area (TPSA) is 85.7 Å². The largest absolute Gasteiger partial charge is 0.494 e. The van der Waals surface area contributed by atoms with E-state index >= 15 is 0 Å². The van der Waals surface area contributed by atoms with Gasteiger partial charge in [0.05, 0.1) is 32.1 Å². The standard InChI is InChI=1S/C19H24N4O4/c1-14-5-3-4-6-15(14)23-17(24)13-16(26-2)18(21-23)19(25)20-7-8-22-9-11-27-12-10-22/h3-6,13H,7-12H2,1-2H3,(H,20,25). The average molecular weight is 372 g/mol. The Hall–Kier alpha value is -2.71. The van der Waals surface area contributed by atoms with Gasteiger partial charge in [0.1, 0.15) is 0 Å². The van der Waals surface area contributed by atoms with Crippen LogP contribution in [0.3, 0.4) is 0 Å². The molecule has 0 saturated carbocycles. The van der Waals surface area contributed by atoms with Crippen molar-refractivity contribution in [2.75, 3.05) is 46.5 Å². The fourth-order valence-electron chi connectivity index (χ4n) is 2.96. The molecule has 1 amide bonds. The molecule has 1 aliphatic heterocycles. The number of aryl methyl sites for hydroxylation is 1. The summed E-state index contributed by atoms with van der Waals surface area (Å²) in [6, 6.07) is 8.66. The minimum absolute atomic E-state index is 0.0855. The number of aromatic nitrogens is 2.